The van der Waals surface area contributed by atoms with Crippen molar-refractivity contribution >= 4 is 45.9 Å². The molecule has 0 bridgehead atoms. The third kappa shape index (κ3) is 2.79. The Morgan fingerprint density at radius 2 is 2.25 bits per heavy atom. The molecule has 0 aliphatic rings. The minimum absolute atomic E-state index is 0.231. The van der Waals surface area contributed by atoms with Crippen LogP contribution in [0.5, 0.6) is 0 Å². The number of thiophene rings is 2. The number of hydrogen-bond donors (Lipinski definition) is 1. The second kappa shape index (κ2) is 5.52. The molecule has 0 saturated carbocycles. The minimum atomic E-state index is 0.231. The van der Waals surface area contributed by atoms with Crippen molar-refractivity contribution < 1.29 is 0 Å². The maximum absolute atomic E-state index is 6.16. The van der Waals surface area contributed by atoms with E-state index >= 15 is 0 Å². The van der Waals surface area contributed by atoms with Gasteiger partial charge in [-0.2, -0.15) is 0 Å². The second-order valence-electron chi connectivity index (χ2n) is 3.40. The fraction of sp³-hybridized carbons (Fsp3) is 0.273. The number of rotatable bonds is 4. The lowest BCUT2D eigenvalue weighted by Crippen LogP contribution is -2.18. The number of hydrogen-bond acceptors (Lipinski definition) is 3. The molecular formula is C11H11Cl2NS2. The van der Waals surface area contributed by atoms with Gasteiger partial charge in [-0.1, -0.05) is 29.3 Å². The molecule has 0 saturated heterocycles. The van der Waals surface area contributed by atoms with Crippen molar-refractivity contribution in [2.45, 2.75) is 12.5 Å². The van der Waals surface area contributed by atoms with Crippen molar-refractivity contribution in [3.8, 4) is 0 Å². The molecule has 0 spiro atoms. The van der Waals surface area contributed by atoms with Crippen LogP contribution in [0, 0.1) is 0 Å². The van der Waals surface area contributed by atoms with Crippen LogP contribution in [0.25, 0.3) is 0 Å². The molecule has 16 heavy (non-hydrogen) atoms. The highest BCUT2D eigenvalue weighted by molar-refractivity contribution is 7.20. The van der Waals surface area contributed by atoms with Crippen LogP contribution in [-0.2, 0) is 6.42 Å². The van der Waals surface area contributed by atoms with E-state index in [0.717, 1.165) is 20.7 Å². The average Bonchev–Trinajstić information content (AvgIpc) is 2.85. The summed E-state index contributed by atoms with van der Waals surface area (Å²) in [5, 5.41) is 5.37. The van der Waals surface area contributed by atoms with Gasteiger partial charge >= 0.3 is 0 Å². The first-order valence-electron chi connectivity index (χ1n) is 4.85. The highest BCUT2D eigenvalue weighted by atomic mass is 35.5. The molecule has 2 heterocycles. The number of halogens is 2. The smallest absolute Gasteiger partial charge is 0.0992 e. The zero-order valence-electron chi connectivity index (χ0n) is 8.67. The minimum Gasteiger partial charge on any atom is -0.313 e. The van der Waals surface area contributed by atoms with E-state index in [4.69, 9.17) is 23.2 Å². The van der Waals surface area contributed by atoms with Crippen LogP contribution >= 0.6 is 45.9 Å². The van der Waals surface area contributed by atoms with Gasteiger partial charge in [0.2, 0.25) is 0 Å². The fourth-order valence-electron chi connectivity index (χ4n) is 1.59. The largest absolute Gasteiger partial charge is 0.313 e. The predicted molar refractivity (Wildman–Crippen MR) is 74.2 cm³/mol. The topological polar surface area (TPSA) is 12.0 Å². The average molecular weight is 292 g/mol. The Morgan fingerprint density at radius 3 is 2.75 bits per heavy atom. The molecule has 0 radical (unpaired) electrons. The van der Waals surface area contributed by atoms with E-state index in [1.54, 1.807) is 11.3 Å². The molecule has 2 aromatic rings. The van der Waals surface area contributed by atoms with Crippen molar-refractivity contribution in [3.63, 3.8) is 0 Å². The summed E-state index contributed by atoms with van der Waals surface area (Å²) in [6, 6.07) is 6.38. The Kier molecular flexibility index (Phi) is 4.27. The van der Waals surface area contributed by atoms with E-state index in [-0.39, 0.29) is 6.04 Å². The molecular weight excluding hydrogens is 281 g/mol. The van der Waals surface area contributed by atoms with Gasteiger partial charge in [0.25, 0.3) is 0 Å². The van der Waals surface area contributed by atoms with E-state index in [9.17, 15) is 0 Å². The molecule has 0 amide bonds. The third-order valence-electron chi connectivity index (χ3n) is 2.39. The summed E-state index contributed by atoms with van der Waals surface area (Å²) in [6.07, 6.45) is 0.945. The first-order chi connectivity index (χ1) is 7.70. The van der Waals surface area contributed by atoms with Crippen molar-refractivity contribution in [2.24, 2.45) is 0 Å². The van der Waals surface area contributed by atoms with Crippen LogP contribution in [0.2, 0.25) is 8.67 Å². The van der Waals surface area contributed by atoms with E-state index in [2.05, 4.69) is 22.8 Å². The molecule has 0 aliphatic carbocycles. The molecule has 1 atom stereocenters. The molecule has 86 valence electrons. The predicted octanol–water partition coefficient (Wildman–Crippen LogP) is 4.62. The maximum Gasteiger partial charge on any atom is 0.0992 e. The van der Waals surface area contributed by atoms with Gasteiger partial charge in [-0.05, 0) is 24.6 Å². The van der Waals surface area contributed by atoms with Gasteiger partial charge in [0.15, 0.2) is 0 Å². The Balaban J connectivity index is 2.19. The summed E-state index contributed by atoms with van der Waals surface area (Å²) >= 11 is 15.3. The van der Waals surface area contributed by atoms with E-state index < -0.39 is 0 Å². The third-order valence-corrected chi connectivity index (χ3v) is 4.81. The van der Waals surface area contributed by atoms with E-state index in [0.29, 0.717) is 0 Å². The van der Waals surface area contributed by atoms with Crippen LogP contribution in [0.4, 0.5) is 0 Å². The summed E-state index contributed by atoms with van der Waals surface area (Å²) in [5.74, 6) is 0. The number of likely N-dealkylation sites (N-methyl/N-ethyl adjacent to an activating group) is 1. The second-order valence-corrected chi connectivity index (χ2v) is 6.72. The Morgan fingerprint density at radius 1 is 1.44 bits per heavy atom. The summed E-state index contributed by atoms with van der Waals surface area (Å²) in [4.78, 5) is 1.35. The maximum atomic E-state index is 6.16. The Bertz CT molecular complexity index is 451. The summed E-state index contributed by atoms with van der Waals surface area (Å²) in [6.45, 7) is 0. The molecule has 0 aromatic carbocycles. The normalized spacial score (nSPS) is 12.9. The van der Waals surface area contributed by atoms with Crippen LogP contribution in [-0.4, -0.2) is 7.05 Å². The van der Waals surface area contributed by atoms with Gasteiger partial charge in [0.1, 0.15) is 0 Å². The lowest BCUT2D eigenvalue weighted by atomic mass is 10.1. The van der Waals surface area contributed by atoms with Gasteiger partial charge in [0.05, 0.1) is 8.67 Å². The molecule has 1 nitrogen and oxygen atoms in total. The van der Waals surface area contributed by atoms with Gasteiger partial charge in [-0.25, -0.2) is 0 Å². The first kappa shape index (κ1) is 12.4. The van der Waals surface area contributed by atoms with Gasteiger partial charge in [-0.15, -0.1) is 22.7 Å². The zero-order chi connectivity index (χ0) is 11.5. The van der Waals surface area contributed by atoms with Crippen molar-refractivity contribution in [1.82, 2.24) is 5.32 Å². The first-order valence-corrected chi connectivity index (χ1v) is 7.30. The fourth-order valence-corrected chi connectivity index (χ4v) is 3.92. The standard InChI is InChI=1S/C11H11Cl2NS2/c1-14-9(5-7-3-2-4-15-7)8-6-10(12)16-11(8)13/h2-4,6,9,14H,5H2,1H3. The van der Waals surface area contributed by atoms with Crippen LogP contribution in [0.1, 0.15) is 16.5 Å². The van der Waals surface area contributed by atoms with Crippen LogP contribution in [0.3, 0.4) is 0 Å². The molecule has 2 rings (SSSR count). The van der Waals surface area contributed by atoms with Crippen LogP contribution < -0.4 is 5.32 Å². The number of nitrogens with one attached hydrogen (secondary N) is 1. The SMILES string of the molecule is CNC(Cc1cccs1)c1cc(Cl)sc1Cl. The van der Waals surface area contributed by atoms with Crippen molar-refractivity contribution in [1.29, 1.82) is 0 Å². The zero-order valence-corrected chi connectivity index (χ0v) is 11.8. The van der Waals surface area contributed by atoms with Crippen molar-refractivity contribution in [3.05, 3.63) is 42.7 Å². The monoisotopic (exact) mass is 291 g/mol. The highest BCUT2D eigenvalue weighted by Crippen LogP contribution is 2.36. The van der Waals surface area contributed by atoms with Gasteiger partial charge in [-0.3, -0.25) is 0 Å². The molecule has 1 unspecified atom stereocenters. The van der Waals surface area contributed by atoms with Crippen LogP contribution in [0.15, 0.2) is 23.6 Å². The molecule has 0 fully saturated rings. The lowest BCUT2D eigenvalue weighted by Gasteiger charge is -2.14. The van der Waals surface area contributed by atoms with Gasteiger partial charge in [0, 0.05) is 22.9 Å². The lowest BCUT2D eigenvalue weighted by molar-refractivity contribution is 0.599. The molecule has 0 aliphatic heterocycles. The molecule has 2 aromatic heterocycles. The quantitative estimate of drug-likeness (QED) is 0.867. The van der Waals surface area contributed by atoms with Gasteiger partial charge < -0.3 is 5.32 Å². The van der Waals surface area contributed by atoms with Crippen molar-refractivity contribution in [2.75, 3.05) is 7.05 Å². The Labute approximate surface area is 113 Å². The molecule has 5 heteroatoms. The molecule has 1 N–H and O–H groups in total. The van der Waals surface area contributed by atoms with E-state index in [1.165, 1.54) is 16.2 Å². The summed E-state index contributed by atoms with van der Waals surface area (Å²) in [5.41, 5.74) is 1.09. The van der Waals surface area contributed by atoms with E-state index in [1.807, 2.05) is 13.1 Å². The Hall–Kier alpha value is -0.0600. The summed E-state index contributed by atoms with van der Waals surface area (Å²) < 4.78 is 1.52. The summed E-state index contributed by atoms with van der Waals surface area (Å²) in [7, 11) is 1.94. The highest BCUT2D eigenvalue weighted by Gasteiger charge is 2.16.